The molecule has 0 amide bonds. The fraction of sp³-hybridized carbons (Fsp3) is 0.500. The molecular formula is C14H16Cl2N2. The smallest absolute Gasteiger partial charge is 0.124 e. The van der Waals surface area contributed by atoms with Gasteiger partial charge in [0.1, 0.15) is 5.82 Å². The van der Waals surface area contributed by atoms with Gasteiger partial charge < -0.3 is 4.57 Å². The summed E-state index contributed by atoms with van der Waals surface area (Å²) in [4.78, 5) is 4.57. The average molecular weight is 283 g/mol. The molecule has 0 N–H and O–H groups in total. The molecule has 0 aliphatic heterocycles. The Labute approximate surface area is 117 Å². The third-order valence-corrected chi connectivity index (χ3v) is 4.58. The zero-order valence-electron chi connectivity index (χ0n) is 10.6. The fourth-order valence-electron chi connectivity index (χ4n) is 2.60. The number of fused-ring (bicyclic) bond motifs is 1. The maximum Gasteiger partial charge on any atom is 0.124 e. The van der Waals surface area contributed by atoms with Crippen LogP contribution < -0.4 is 0 Å². The molecule has 1 saturated carbocycles. The number of nitrogens with zero attached hydrogens (tertiary/aromatic N) is 2. The molecule has 0 radical (unpaired) electrons. The molecular weight excluding hydrogens is 267 g/mol. The molecule has 4 heteroatoms. The monoisotopic (exact) mass is 282 g/mol. The van der Waals surface area contributed by atoms with E-state index in [9.17, 15) is 0 Å². The van der Waals surface area contributed by atoms with Crippen LogP contribution in [0.5, 0.6) is 0 Å². The van der Waals surface area contributed by atoms with E-state index in [1.807, 2.05) is 18.2 Å². The van der Waals surface area contributed by atoms with Gasteiger partial charge in [-0.1, -0.05) is 31.5 Å². The van der Waals surface area contributed by atoms with E-state index in [-0.39, 0.29) is 0 Å². The summed E-state index contributed by atoms with van der Waals surface area (Å²) in [6.45, 7) is 5.58. The number of halogens is 2. The van der Waals surface area contributed by atoms with Gasteiger partial charge in [0.2, 0.25) is 0 Å². The summed E-state index contributed by atoms with van der Waals surface area (Å²) in [5.74, 6) is 2.05. The van der Waals surface area contributed by atoms with Gasteiger partial charge in [0.15, 0.2) is 0 Å². The summed E-state index contributed by atoms with van der Waals surface area (Å²) < 4.78 is 2.20. The van der Waals surface area contributed by atoms with Crippen LogP contribution in [0.4, 0.5) is 0 Å². The number of para-hydroxylation sites is 1. The van der Waals surface area contributed by atoms with Crippen molar-refractivity contribution in [3.05, 3.63) is 29.0 Å². The highest BCUT2D eigenvalue weighted by Gasteiger charge is 2.45. The van der Waals surface area contributed by atoms with Gasteiger partial charge in [-0.2, -0.15) is 0 Å². The van der Waals surface area contributed by atoms with Crippen molar-refractivity contribution in [1.29, 1.82) is 0 Å². The minimum absolute atomic E-state index is 0.429. The lowest BCUT2D eigenvalue weighted by atomic mass is 10.1. The van der Waals surface area contributed by atoms with Crippen LogP contribution in [0, 0.1) is 11.3 Å². The Morgan fingerprint density at radius 3 is 2.78 bits per heavy atom. The van der Waals surface area contributed by atoms with Crippen molar-refractivity contribution >= 4 is 34.2 Å². The lowest BCUT2D eigenvalue weighted by Gasteiger charge is -2.09. The molecule has 1 aromatic carbocycles. The second-order valence-electron chi connectivity index (χ2n) is 5.77. The second kappa shape index (κ2) is 4.14. The molecule has 1 unspecified atom stereocenters. The molecule has 1 heterocycles. The number of aromatic nitrogens is 2. The van der Waals surface area contributed by atoms with Crippen molar-refractivity contribution < 1.29 is 0 Å². The number of hydrogen-bond acceptors (Lipinski definition) is 1. The van der Waals surface area contributed by atoms with Gasteiger partial charge in [-0.25, -0.2) is 4.98 Å². The first-order chi connectivity index (χ1) is 8.53. The maximum absolute atomic E-state index is 6.30. The first kappa shape index (κ1) is 12.3. The van der Waals surface area contributed by atoms with Crippen LogP contribution in [0.1, 0.15) is 26.1 Å². The Balaban J connectivity index is 2.08. The van der Waals surface area contributed by atoms with Crippen molar-refractivity contribution in [2.24, 2.45) is 11.3 Å². The van der Waals surface area contributed by atoms with Crippen LogP contribution in [0.2, 0.25) is 5.02 Å². The molecule has 2 nitrogen and oxygen atoms in total. The highest BCUT2D eigenvalue weighted by Crippen LogP contribution is 2.52. The molecule has 0 saturated heterocycles. The Bertz CT molecular complexity index is 601. The van der Waals surface area contributed by atoms with Crippen LogP contribution in [-0.4, -0.2) is 9.55 Å². The van der Waals surface area contributed by atoms with Gasteiger partial charge >= 0.3 is 0 Å². The van der Waals surface area contributed by atoms with E-state index in [2.05, 4.69) is 23.4 Å². The van der Waals surface area contributed by atoms with Crippen molar-refractivity contribution in [3.8, 4) is 0 Å². The number of imidazole rings is 1. The minimum Gasteiger partial charge on any atom is -0.325 e. The van der Waals surface area contributed by atoms with Crippen LogP contribution in [0.3, 0.4) is 0 Å². The largest absolute Gasteiger partial charge is 0.325 e. The topological polar surface area (TPSA) is 17.8 Å². The number of benzene rings is 1. The van der Waals surface area contributed by atoms with E-state index in [1.54, 1.807) is 0 Å². The molecule has 96 valence electrons. The van der Waals surface area contributed by atoms with Crippen LogP contribution in [0.25, 0.3) is 11.0 Å². The highest BCUT2D eigenvalue weighted by molar-refractivity contribution is 6.35. The predicted molar refractivity (Wildman–Crippen MR) is 76.2 cm³/mol. The zero-order valence-corrected chi connectivity index (χ0v) is 12.1. The number of alkyl halides is 1. The van der Waals surface area contributed by atoms with E-state index < -0.39 is 0 Å². The van der Waals surface area contributed by atoms with Gasteiger partial charge in [-0.05, 0) is 29.9 Å². The van der Waals surface area contributed by atoms with E-state index >= 15 is 0 Å². The SMILES string of the molecule is CC1(C)CC1Cn1c(CCl)nc2cccc(Cl)c21. The van der Waals surface area contributed by atoms with Gasteiger partial charge in [0.05, 0.1) is 21.9 Å². The van der Waals surface area contributed by atoms with E-state index in [1.165, 1.54) is 6.42 Å². The van der Waals surface area contributed by atoms with E-state index in [0.29, 0.717) is 17.2 Å². The van der Waals surface area contributed by atoms with Gasteiger partial charge in [0.25, 0.3) is 0 Å². The Kier molecular flexibility index (Phi) is 2.83. The molecule has 3 rings (SSSR count). The van der Waals surface area contributed by atoms with Crippen LogP contribution in [0.15, 0.2) is 18.2 Å². The van der Waals surface area contributed by atoms with Crippen molar-refractivity contribution in [2.45, 2.75) is 32.7 Å². The summed E-state index contributed by atoms with van der Waals surface area (Å²) in [6, 6.07) is 5.84. The molecule has 1 aromatic heterocycles. The first-order valence-electron chi connectivity index (χ1n) is 6.22. The Morgan fingerprint density at radius 2 is 2.17 bits per heavy atom. The Hall–Kier alpha value is -0.730. The molecule has 0 spiro atoms. The lowest BCUT2D eigenvalue weighted by Crippen LogP contribution is -2.07. The highest BCUT2D eigenvalue weighted by atomic mass is 35.5. The molecule has 1 aliphatic carbocycles. The summed E-state index contributed by atoms with van der Waals surface area (Å²) in [6.07, 6.45) is 1.26. The van der Waals surface area contributed by atoms with Crippen LogP contribution >= 0.6 is 23.2 Å². The standard InChI is InChI=1S/C14H16Cl2N2/c1-14(2)6-9(14)8-18-12(7-15)17-11-5-3-4-10(16)13(11)18/h3-5,9H,6-8H2,1-2H3. The molecule has 2 aromatic rings. The minimum atomic E-state index is 0.429. The van der Waals surface area contributed by atoms with Crippen molar-refractivity contribution in [3.63, 3.8) is 0 Å². The van der Waals surface area contributed by atoms with Gasteiger partial charge in [-0.3, -0.25) is 0 Å². The predicted octanol–water partition coefficient (Wildman–Crippen LogP) is 4.47. The first-order valence-corrected chi connectivity index (χ1v) is 7.14. The summed E-state index contributed by atoms with van der Waals surface area (Å²) in [5, 5.41) is 0.759. The molecule has 1 fully saturated rings. The Morgan fingerprint density at radius 1 is 1.44 bits per heavy atom. The van der Waals surface area contributed by atoms with E-state index in [4.69, 9.17) is 23.2 Å². The van der Waals surface area contributed by atoms with Crippen molar-refractivity contribution in [2.75, 3.05) is 0 Å². The molecule has 0 bridgehead atoms. The third-order valence-electron chi connectivity index (χ3n) is 4.04. The molecule has 1 aliphatic rings. The summed E-state index contributed by atoms with van der Waals surface area (Å²) in [7, 11) is 0. The van der Waals surface area contributed by atoms with Crippen molar-refractivity contribution in [1.82, 2.24) is 9.55 Å². The summed E-state index contributed by atoms with van der Waals surface area (Å²) >= 11 is 12.3. The zero-order chi connectivity index (χ0) is 12.9. The molecule has 1 atom stereocenters. The normalized spacial score (nSPS) is 21.4. The summed E-state index contributed by atoms with van der Waals surface area (Å²) in [5.41, 5.74) is 2.41. The quantitative estimate of drug-likeness (QED) is 0.760. The van der Waals surface area contributed by atoms with Crippen LogP contribution in [-0.2, 0) is 12.4 Å². The van der Waals surface area contributed by atoms with Gasteiger partial charge in [0, 0.05) is 6.54 Å². The number of hydrogen-bond donors (Lipinski definition) is 0. The van der Waals surface area contributed by atoms with E-state index in [0.717, 1.165) is 28.4 Å². The average Bonchev–Trinajstić information content (AvgIpc) is 2.77. The third kappa shape index (κ3) is 1.92. The lowest BCUT2D eigenvalue weighted by molar-refractivity contribution is 0.498. The fourth-order valence-corrected chi connectivity index (χ4v) is 3.07. The second-order valence-corrected chi connectivity index (χ2v) is 6.44. The maximum atomic E-state index is 6.30. The van der Waals surface area contributed by atoms with Gasteiger partial charge in [-0.15, -0.1) is 11.6 Å². The molecule has 18 heavy (non-hydrogen) atoms. The number of rotatable bonds is 3.